The van der Waals surface area contributed by atoms with Gasteiger partial charge in [-0.05, 0) is 80.4 Å². The van der Waals surface area contributed by atoms with E-state index in [1.807, 2.05) is 41.3 Å². The number of hydrogen-bond acceptors (Lipinski definition) is 4. The quantitative estimate of drug-likeness (QED) is 0.219. The maximum Gasteiger partial charge on any atom is 0.253 e. The summed E-state index contributed by atoms with van der Waals surface area (Å²) in [7, 11) is 1.74. The monoisotopic (exact) mass is 549 g/mol. The van der Waals surface area contributed by atoms with E-state index in [1.165, 1.54) is 11.1 Å². The Morgan fingerprint density at radius 1 is 0.878 bits per heavy atom. The molecule has 5 nitrogen and oxygen atoms in total. The number of carbonyl (C=O) groups excluding carboxylic acids is 1. The highest BCUT2D eigenvalue weighted by molar-refractivity contribution is 5.94. The second-order valence-electron chi connectivity index (χ2n) is 11.6. The van der Waals surface area contributed by atoms with Crippen LogP contribution in [0.1, 0.15) is 53.6 Å². The molecular formula is C36H43N3O2. The van der Waals surface area contributed by atoms with Gasteiger partial charge in [0.1, 0.15) is 0 Å². The number of allylic oxidation sites excluding steroid dienone is 1. The Bertz CT molecular complexity index is 1290. The van der Waals surface area contributed by atoms with Crippen molar-refractivity contribution in [1.29, 1.82) is 0 Å². The van der Waals surface area contributed by atoms with Crippen molar-refractivity contribution in [3.63, 3.8) is 0 Å². The lowest BCUT2D eigenvalue weighted by molar-refractivity contribution is 0.0644. The van der Waals surface area contributed by atoms with Crippen molar-refractivity contribution in [3.8, 4) is 0 Å². The topological polar surface area (TPSA) is 45.1 Å². The van der Waals surface area contributed by atoms with Crippen molar-refractivity contribution in [2.75, 3.05) is 39.8 Å². The molecule has 0 spiro atoms. The minimum absolute atomic E-state index is 0.0971. The van der Waals surface area contributed by atoms with Crippen molar-refractivity contribution >= 4 is 11.8 Å². The standard InChI is InChI=1S/C36H43N3O2/c1-29(28-30-12-6-3-7-13-30)37-34(41-2)31-18-23-38(24-19-31)25-20-36(33-16-10-5-11-17-33)21-26-39(27-22-36)35(40)32-14-8-4-9-15-32/h3-17,31H,1,18-28H2,2H3. The van der Waals surface area contributed by atoms with E-state index in [1.54, 1.807) is 7.11 Å². The third-order valence-electron chi connectivity index (χ3n) is 8.99. The van der Waals surface area contributed by atoms with Crippen molar-refractivity contribution < 1.29 is 9.53 Å². The summed E-state index contributed by atoms with van der Waals surface area (Å²) in [5, 5.41) is 0. The molecular weight excluding hydrogens is 506 g/mol. The molecule has 0 N–H and O–H groups in total. The largest absolute Gasteiger partial charge is 0.484 e. The Hall–Kier alpha value is -3.70. The predicted molar refractivity (Wildman–Crippen MR) is 167 cm³/mol. The number of ether oxygens (including phenoxy) is 1. The number of carbonyl (C=O) groups is 1. The lowest BCUT2D eigenvalue weighted by atomic mass is 9.70. The van der Waals surface area contributed by atoms with Crippen LogP contribution in [0.2, 0.25) is 0 Å². The molecule has 0 atom stereocenters. The highest BCUT2D eigenvalue weighted by atomic mass is 16.5. The molecule has 0 radical (unpaired) electrons. The normalized spacial score (nSPS) is 18.2. The predicted octanol–water partition coefficient (Wildman–Crippen LogP) is 6.76. The molecule has 2 heterocycles. The molecule has 41 heavy (non-hydrogen) atoms. The van der Waals surface area contributed by atoms with Crippen molar-refractivity contribution in [1.82, 2.24) is 9.80 Å². The maximum atomic E-state index is 13.1. The van der Waals surface area contributed by atoms with Gasteiger partial charge < -0.3 is 14.5 Å². The molecule has 2 fully saturated rings. The molecule has 0 aliphatic carbocycles. The fourth-order valence-electron chi connectivity index (χ4n) is 6.48. The maximum absolute atomic E-state index is 13.1. The molecule has 1 amide bonds. The van der Waals surface area contributed by atoms with Crippen LogP contribution in [-0.4, -0.2) is 61.4 Å². The average Bonchev–Trinajstić information content (AvgIpc) is 3.04. The molecule has 0 bridgehead atoms. The Balaban J connectivity index is 1.17. The summed E-state index contributed by atoms with van der Waals surface area (Å²) in [4.78, 5) is 22.6. The second kappa shape index (κ2) is 13.8. The zero-order valence-corrected chi connectivity index (χ0v) is 24.4. The molecule has 2 saturated heterocycles. The minimum atomic E-state index is 0.0971. The number of nitrogens with zero attached hydrogens (tertiary/aromatic N) is 3. The summed E-state index contributed by atoms with van der Waals surface area (Å²) in [6, 6.07) is 31.0. The number of aliphatic imine (C=N–C) groups is 1. The van der Waals surface area contributed by atoms with Crippen molar-refractivity contribution in [3.05, 3.63) is 120 Å². The van der Waals surface area contributed by atoms with Gasteiger partial charge in [-0.3, -0.25) is 4.79 Å². The highest BCUT2D eigenvalue weighted by Crippen LogP contribution is 2.39. The summed E-state index contributed by atoms with van der Waals surface area (Å²) in [5.41, 5.74) is 4.35. The van der Waals surface area contributed by atoms with Gasteiger partial charge in [0, 0.05) is 36.7 Å². The Kier molecular flexibility index (Phi) is 9.68. The van der Waals surface area contributed by atoms with Gasteiger partial charge in [-0.2, -0.15) is 0 Å². The minimum Gasteiger partial charge on any atom is -0.484 e. The van der Waals surface area contributed by atoms with Crippen LogP contribution in [0.4, 0.5) is 0 Å². The van der Waals surface area contributed by atoms with Gasteiger partial charge in [-0.15, -0.1) is 0 Å². The fraction of sp³-hybridized carbons (Fsp3) is 0.389. The van der Waals surface area contributed by atoms with E-state index in [-0.39, 0.29) is 11.3 Å². The number of hydrogen-bond donors (Lipinski definition) is 0. The number of methoxy groups -OCH3 is 1. The van der Waals surface area contributed by atoms with Gasteiger partial charge in [0.15, 0.2) is 5.90 Å². The van der Waals surface area contributed by atoms with E-state index in [9.17, 15) is 4.79 Å². The zero-order valence-electron chi connectivity index (χ0n) is 24.4. The van der Waals surface area contributed by atoms with Crippen molar-refractivity contribution in [2.45, 2.75) is 43.9 Å². The number of amides is 1. The van der Waals surface area contributed by atoms with E-state index in [2.05, 4.69) is 66.1 Å². The third kappa shape index (κ3) is 7.34. The Labute approximate surface area is 245 Å². The van der Waals surface area contributed by atoms with E-state index >= 15 is 0 Å². The van der Waals surface area contributed by atoms with Crippen LogP contribution >= 0.6 is 0 Å². The Morgan fingerprint density at radius 2 is 1.46 bits per heavy atom. The van der Waals surface area contributed by atoms with Crippen LogP contribution in [0, 0.1) is 5.92 Å². The number of benzene rings is 3. The molecule has 0 unspecified atom stereocenters. The number of rotatable bonds is 9. The third-order valence-corrected chi connectivity index (χ3v) is 8.99. The molecule has 0 aromatic heterocycles. The van der Waals surface area contributed by atoms with Crippen LogP contribution in [0.3, 0.4) is 0 Å². The Morgan fingerprint density at radius 3 is 2.07 bits per heavy atom. The first-order valence-corrected chi connectivity index (χ1v) is 15.0. The summed E-state index contributed by atoms with van der Waals surface area (Å²) in [6.07, 6.45) is 5.93. The summed E-state index contributed by atoms with van der Waals surface area (Å²) < 4.78 is 5.76. The first kappa shape index (κ1) is 28.8. The van der Waals surface area contributed by atoms with Crippen LogP contribution in [0.15, 0.2) is 108 Å². The molecule has 0 saturated carbocycles. The molecule has 3 aromatic carbocycles. The number of piperidine rings is 2. The first-order valence-electron chi connectivity index (χ1n) is 15.0. The molecule has 3 aromatic rings. The van der Waals surface area contributed by atoms with Gasteiger partial charge in [0.05, 0.1) is 7.11 Å². The van der Waals surface area contributed by atoms with Gasteiger partial charge in [-0.25, -0.2) is 4.99 Å². The van der Waals surface area contributed by atoms with Gasteiger partial charge >= 0.3 is 0 Å². The van der Waals surface area contributed by atoms with Crippen LogP contribution < -0.4 is 0 Å². The van der Waals surface area contributed by atoms with Crippen LogP contribution in [-0.2, 0) is 16.6 Å². The van der Waals surface area contributed by atoms with Gasteiger partial charge in [-0.1, -0.05) is 85.4 Å². The summed E-state index contributed by atoms with van der Waals surface area (Å²) in [6.45, 7) is 8.94. The smallest absolute Gasteiger partial charge is 0.253 e. The van der Waals surface area contributed by atoms with Crippen LogP contribution in [0.25, 0.3) is 0 Å². The lowest BCUT2D eigenvalue weighted by Gasteiger charge is -2.44. The van der Waals surface area contributed by atoms with E-state index in [0.717, 1.165) is 88.4 Å². The lowest BCUT2D eigenvalue weighted by Crippen LogP contribution is -2.47. The van der Waals surface area contributed by atoms with E-state index in [4.69, 9.17) is 9.73 Å². The summed E-state index contributed by atoms with van der Waals surface area (Å²) in [5.74, 6) is 1.30. The number of likely N-dealkylation sites (tertiary alicyclic amines) is 2. The molecule has 5 rings (SSSR count). The molecule has 2 aliphatic rings. The molecule has 5 heteroatoms. The van der Waals surface area contributed by atoms with Crippen LogP contribution in [0.5, 0.6) is 0 Å². The van der Waals surface area contributed by atoms with Gasteiger partial charge in [0.25, 0.3) is 5.91 Å². The second-order valence-corrected chi connectivity index (χ2v) is 11.6. The van der Waals surface area contributed by atoms with E-state index < -0.39 is 0 Å². The first-order chi connectivity index (χ1) is 20.1. The zero-order chi connectivity index (χ0) is 28.5. The SMILES string of the molecule is C=C(Cc1ccccc1)N=C(OC)C1CCN(CCC2(c3ccccc3)CCN(C(=O)c3ccccc3)CC2)CC1. The molecule has 214 valence electrons. The van der Waals surface area contributed by atoms with E-state index in [0.29, 0.717) is 5.92 Å². The summed E-state index contributed by atoms with van der Waals surface area (Å²) >= 11 is 0. The average molecular weight is 550 g/mol. The van der Waals surface area contributed by atoms with Gasteiger partial charge in [0.2, 0.25) is 0 Å². The van der Waals surface area contributed by atoms with Crippen molar-refractivity contribution in [2.24, 2.45) is 10.9 Å². The molecule has 2 aliphatic heterocycles. The highest BCUT2D eigenvalue weighted by Gasteiger charge is 2.38. The fourth-order valence-corrected chi connectivity index (χ4v) is 6.48.